The quantitative estimate of drug-likeness (QED) is 0.210. The third kappa shape index (κ3) is 8.85. The molecule has 3 rings (SSSR count). The van der Waals surface area contributed by atoms with E-state index >= 15 is 0 Å². The van der Waals surface area contributed by atoms with Crippen LogP contribution in [0.3, 0.4) is 0 Å². The highest BCUT2D eigenvalue weighted by atomic mass is 79.9. The molecule has 9 heteroatoms. The Morgan fingerprint density at radius 2 is 1.76 bits per heavy atom. The molecule has 0 aliphatic rings. The zero-order chi connectivity index (χ0) is 27.3. The van der Waals surface area contributed by atoms with Crippen LogP contribution in [-0.2, 0) is 22.5 Å². The lowest BCUT2D eigenvalue weighted by molar-refractivity contribution is -0.132. The van der Waals surface area contributed by atoms with Crippen LogP contribution in [0.25, 0.3) is 0 Å². The van der Waals surface area contributed by atoms with Crippen LogP contribution in [0.4, 0.5) is 0 Å². The summed E-state index contributed by atoms with van der Waals surface area (Å²) in [5.41, 5.74) is 1.57. The number of hydrogen-bond acceptors (Lipinski definition) is 6. The average molecular weight is 604 g/mol. The first-order valence-corrected chi connectivity index (χ1v) is 14.3. The Hall–Kier alpha value is -2.88. The molecule has 1 heterocycles. The maximum atomic E-state index is 13.7. The molecule has 2 amide bonds. The van der Waals surface area contributed by atoms with E-state index in [4.69, 9.17) is 14.2 Å². The van der Waals surface area contributed by atoms with Crippen molar-refractivity contribution >= 4 is 39.1 Å². The smallest absolute Gasteiger partial charge is 0.254 e. The fraction of sp³-hybridized carbons (Fsp3) is 0.379. The van der Waals surface area contributed by atoms with Crippen LogP contribution in [0.1, 0.15) is 34.1 Å². The Morgan fingerprint density at radius 1 is 0.947 bits per heavy atom. The van der Waals surface area contributed by atoms with Crippen LogP contribution in [0.5, 0.6) is 11.5 Å². The van der Waals surface area contributed by atoms with E-state index in [2.05, 4.69) is 15.9 Å². The number of nitrogens with zero attached hydrogens (tertiary/aromatic N) is 2. The van der Waals surface area contributed by atoms with E-state index in [0.717, 1.165) is 14.9 Å². The van der Waals surface area contributed by atoms with E-state index in [1.165, 1.54) is 0 Å². The predicted octanol–water partition coefficient (Wildman–Crippen LogP) is 5.67. The van der Waals surface area contributed by atoms with E-state index in [1.807, 2.05) is 59.7 Å². The van der Waals surface area contributed by atoms with Gasteiger partial charge in [0.2, 0.25) is 5.91 Å². The summed E-state index contributed by atoms with van der Waals surface area (Å²) in [4.78, 5) is 31.6. The molecule has 7 nitrogen and oxygen atoms in total. The average Bonchev–Trinajstić information content (AvgIpc) is 3.45. The number of benzene rings is 2. The van der Waals surface area contributed by atoms with E-state index in [-0.39, 0.29) is 18.4 Å². The van der Waals surface area contributed by atoms with Crippen molar-refractivity contribution in [3.63, 3.8) is 0 Å². The largest absolute Gasteiger partial charge is 0.493 e. The van der Waals surface area contributed by atoms with Crippen molar-refractivity contribution in [1.29, 1.82) is 0 Å². The predicted molar refractivity (Wildman–Crippen MR) is 154 cm³/mol. The molecule has 0 unspecified atom stereocenters. The van der Waals surface area contributed by atoms with E-state index < -0.39 is 0 Å². The van der Waals surface area contributed by atoms with E-state index in [1.54, 1.807) is 42.6 Å². The number of methoxy groups -OCH3 is 2. The number of amides is 2. The van der Waals surface area contributed by atoms with Gasteiger partial charge in [0.1, 0.15) is 6.54 Å². The number of carbonyl (C=O) groups excluding carboxylic acids is 2. The minimum Gasteiger partial charge on any atom is -0.493 e. The van der Waals surface area contributed by atoms with Gasteiger partial charge in [-0.2, -0.15) is 0 Å². The number of hydrogen-bond donors (Lipinski definition) is 0. The topological polar surface area (TPSA) is 68.3 Å². The number of halogens is 1. The second-order valence-electron chi connectivity index (χ2n) is 8.62. The van der Waals surface area contributed by atoms with E-state index in [9.17, 15) is 9.59 Å². The highest BCUT2D eigenvalue weighted by Crippen LogP contribution is 2.28. The monoisotopic (exact) mass is 602 g/mol. The standard InChI is InChI=1S/C29H35BrN2O5S/c1-4-37-16-7-14-32(29(34)23-8-5-9-24(30)19-23)21-28(33)31(20-25-10-6-17-38-25)15-13-22-11-12-26(35-2)27(18-22)36-3/h5-6,8-12,17-19H,4,7,13-16,20-21H2,1-3H3. The Bertz CT molecular complexity index is 1170. The lowest BCUT2D eigenvalue weighted by atomic mass is 10.1. The molecule has 0 saturated carbocycles. The zero-order valence-electron chi connectivity index (χ0n) is 22.2. The molecule has 0 aliphatic heterocycles. The molecule has 0 spiro atoms. The van der Waals surface area contributed by atoms with Gasteiger partial charge in [-0.15, -0.1) is 11.3 Å². The molecule has 0 saturated heterocycles. The van der Waals surface area contributed by atoms with E-state index in [0.29, 0.717) is 62.8 Å². The highest BCUT2D eigenvalue weighted by Gasteiger charge is 2.23. The molecule has 0 fully saturated rings. The van der Waals surface area contributed by atoms with Crippen LogP contribution >= 0.6 is 27.3 Å². The fourth-order valence-electron chi connectivity index (χ4n) is 4.00. The maximum absolute atomic E-state index is 13.7. The third-order valence-corrected chi connectivity index (χ3v) is 7.36. The van der Waals surface area contributed by atoms with Gasteiger partial charge in [0.25, 0.3) is 5.91 Å². The lowest BCUT2D eigenvalue weighted by Gasteiger charge is -2.28. The minimum absolute atomic E-state index is 0.00518. The molecule has 2 aromatic carbocycles. The van der Waals surface area contributed by atoms with Crippen molar-refractivity contribution in [1.82, 2.24) is 9.80 Å². The summed E-state index contributed by atoms with van der Waals surface area (Å²) in [7, 11) is 3.21. The summed E-state index contributed by atoms with van der Waals surface area (Å²) < 4.78 is 17.1. The Kier molecular flexibility index (Phi) is 12.1. The van der Waals surface area contributed by atoms with Crippen molar-refractivity contribution < 1.29 is 23.8 Å². The van der Waals surface area contributed by atoms with Gasteiger partial charge in [0.15, 0.2) is 11.5 Å². The van der Waals surface area contributed by atoms with Gasteiger partial charge in [-0.3, -0.25) is 9.59 Å². The molecule has 1 aromatic heterocycles. The molecular formula is C29H35BrN2O5S. The number of ether oxygens (including phenoxy) is 3. The number of rotatable bonds is 15. The van der Waals surface area contributed by atoms with Gasteiger partial charge < -0.3 is 24.0 Å². The Labute approximate surface area is 237 Å². The van der Waals surface area contributed by atoms with Crippen LogP contribution in [0.15, 0.2) is 64.5 Å². The van der Waals surface area contributed by atoms with Gasteiger partial charge >= 0.3 is 0 Å². The molecule has 3 aromatic rings. The maximum Gasteiger partial charge on any atom is 0.254 e. The molecule has 0 radical (unpaired) electrons. The lowest BCUT2D eigenvalue weighted by Crippen LogP contribution is -2.44. The van der Waals surface area contributed by atoms with Gasteiger partial charge in [-0.25, -0.2) is 0 Å². The molecule has 0 N–H and O–H groups in total. The van der Waals surface area contributed by atoms with Crippen molar-refractivity contribution in [3.05, 3.63) is 80.5 Å². The van der Waals surface area contributed by atoms with Crippen LogP contribution < -0.4 is 9.47 Å². The zero-order valence-corrected chi connectivity index (χ0v) is 24.6. The van der Waals surface area contributed by atoms with Gasteiger partial charge in [0.05, 0.1) is 20.8 Å². The first kappa shape index (κ1) is 29.7. The normalized spacial score (nSPS) is 10.7. The SMILES string of the molecule is CCOCCCN(CC(=O)N(CCc1ccc(OC)c(OC)c1)Cc1cccs1)C(=O)c1cccc(Br)c1. The number of carbonyl (C=O) groups is 2. The van der Waals surface area contributed by atoms with Crippen molar-refractivity contribution in [2.45, 2.75) is 26.3 Å². The van der Waals surface area contributed by atoms with Crippen molar-refractivity contribution in [2.24, 2.45) is 0 Å². The highest BCUT2D eigenvalue weighted by molar-refractivity contribution is 9.10. The molecule has 0 atom stereocenters. The van der Waals surface area contributed by atoms with Crippen LogP contribution in [-0.4, -0.2) is 68.7 Å². The second kappa shape index (κ2) is 15.5. The summed E-state index contributed by atoms with van der Waals surface area (Å²) in [5.74, 6) is 1.04. The van der Waals surface area contributed by atoms with Crippen LogP contribution in [0.2, 0.25) is 0 Å². The summed E-state index contributed by atoms with van der Waals surface area (Å²) in [6.07, 6.45) is 1.29. The van der Waals surface area contributed by atoms with Gasteiger partial charge in [-0.05, 0) is 67.1 Å². The molecule has 38 heavy (non-hydrogen) atoms. The van der Waals surface area contributed by atoms with Crippen molar-refractivity contribution in [2.75, 3.05) is 47.1 Å². The number of thiophene rings is 1. The van der Waals surface area contributed by atoms with Gasteiger partial charge in [0, 0.05) is 41.2 Å². The van der Waals surface area contributed by atoms with Crippen molar-refractivity contribution in [3.8, 4) is 11.5 Å². The molecule has 0 aliphatic carbocycles. The summed E-state index contributed by atoms with van der Waals surface area (Å²) in [5, 5.41) is 2.00. The Morgan fingerprint density at radius 3 is 2.45 bits per heavy atom. The fourth-order valence-corrected chi connectivity index (χ4v) is 5.12. The first-order valence-electron chi connectivity index (χ1n) is 12.6. The van der Waals surface area contributed by atoms with Gasteiger partial charge in [-0.1, -0.05) is 34.1 Å². The Balaban J connectivity index is 1.77. The van der Waals surface area contributed by atoms with Crippen LogP contribution in [0, 0.1) is 0 Å². The summed E-state index contributed by atoms with van der Waals surface area (Å²) in [6.45, 7) is 4.50. The second-order valence-corrected chi connectivity index (χ2v) is 10.6. The molecule has 204 valence electrons. The summed E-state index contributed by atoms with van der Waals surface area (Å²) in [6, 6.07) is 17.0. The first-order chi connectivity index (χ1) is 18.4. The minimum atomic E-state index is -0.174. The molecular weight excluding hydrogens is 568 g/mol. The third-order valence-electron chi connectivity index (χ3n) is 6.00. The molecule has 0 bridgehead atoms. The summed E-state index contributed by atoms with van der Waals surface area (Å²) >= 11 is 5.05.